The van der Waals surface area contributed by atoms with Crippen LogP contribution in [-0.4, -0.2) is 28.2 Å². The van der Waals surface area contributed by atoms with Crippen molar-refractivity contribution in [1.29, 1.82) is 0 Å². The van der Waals surface area contributed by atoms with Crippen LogP contribution in [0.1, 0.15) is 35.1 Å². The highest BCUT2D eigenvalue weighted by atomic mass is 16.5. The monoisotopic (exact) mass is 274 g/mol. The Hall–Kier alpha value is -2.30. The number of carboxylic acid groups (broad SMARTS) is 1. The Morgan fingerprint density at radius 2 is 2.00 bits per heavy atom. The first kappa shape index (κ1) is 14.1. The third kappa shape index (κ3) is 2.99. The number of carbonyl (C=O) groups is 1. The second-order valence-corrected chi connectivity index (χ2v) is 4.76. The molecule has 0 amide bonds. The number of aromatic amines is 1. The number of nitrogens with zero attached hydrogens (tertiary/aromatic N) is 1. The Bertz CT molecular complexity index is 602. The molecule has 106 valence electrons. The van der Waals surface area contributed by atoms with Gasteiger partial charge in [-0.05, 0) is 31.5 Å². The van der Waals surface area contributed by atoms with Crippen LogP contribution >= 0.6 is 0 Å². The number of imidazole rings is 1. The predicted octanol–water partition coefficient (Wildman–Crippen LogP) is 2.64. The number of hydrogen-bond donors (Lipinski definition) is 2. The summed E-state index contributed by atoms with van der Waals surface area (Å²) in [5.74, 6) is 0.438. The molecule has 0 bridgehead atoms. The van der Waals surface area contributed by atoms with Gasteiger partial charge in [0, 0.05) is 11.6 Å². The maximum atomic E-state index is 11.1. The van der Waals surface area contributed by atoms with E-state index in [1.807, 2.05) is 38.1 Å². The lowest BCUT2D eigenvalue weighted by Gasteiger charge is -2.14. The highest BCUT2D eigenvalue weighted by Crippen LogP contribution is 2.30. The summed E-state index contributed by atoms with van der Waals surface area (Å²) in [6, 6.07) is 7.43. The van der Waals surface area contributed by atoms with Gasteiger partial charge in [-0.3, -0.25) is 4.79 Å². The van der Waals surface area contributed by atoms with E-state index in [1.165, 1.54) is 0 Å². The molecule has 0 radical (unpaired) electrons. The van der Waals surface area contributed by atoms with Gasteiger partial charge in [0.2, 0.25) is 0 Å². The molecule has 1 unspecified atom stereocenters. The van der Waals surface area contributed by atoms with Crippen LogP contribution in [0.25, 0.3) is 0 Å². The van der Waals surface area contributed by atoms with E-state index in [0.717, 1.165) is 28.5 Å². The second kappa shape index (κ2) is 5.77. The molecule has 2 aromatic rings. The number of aryl methyl sites for hydroxylation is 2. The molecule has 0 aliphatic heterocycles. The van der Waals surface area contributed by atoms with Crippen LogP contribution in [0.4, 0.5) is 0 Å². The molecular formula is C15H18N2O3. The molecule has 2 N–H and O–H groups in total. The highest BCUT2D eigenvalue weighted by Gasteiger charge is 2.22. The van der Waals surface area contributed by atoms with E-state index in [9.17, 15) is 4.79 Å². The van der Waals surface area contributed by atoms with E-state index >= 15 is 0 Å². The van der Waals surface area contributed by atoms with E-state index in [0.29, 0.717) is 0 Å². The Morgan fingerprint density at radius 3 is 2.45 bits per heavy atom. The second-order valence-electron chi connectivity index (χ2n) is 4.76. The average molecular weight is 274 g/mol. The molecule has 1 aromatic heterocycles. The van der Waals surface area contributed by atoms with E-state index in [4.69, 9.17) is 9.84 Å². The molecule has 0 fully saturated rings. The minimum atomic E-state index is -0.842. The summed E-state index contributed by atoms with van der Waals surface area (Å²) in [6.07, 6.45) is 0.0114. The largest absolute Gasteiger partial charge is 0.497 e. The quantitative estimate of drug-likeness (QED) is 0.879. The van der Waals surface area contributed by atoms with Crippen LogP contribution in [0.5, 0.6) is 5.75 Å². The molecule has 0 spiro atoms. The molecule has 1 atom stereocenters. The summed E-state index contributed by atoms with van der Waals surface area (Å²) in [6.45, 7) is 3.77. The Labute approximate surface area is 117 Å². The van der Waals surface area contributed by atoms with Gasteiger partial charge in [-0.25, -0.2) is 4.98 Å². The molecule has 5 nitrogen and oxygen atoms in total. The van der Waals surface area contributed by atoms with Crippen molar-refractivity contribution in [3.8, 4) is 5.75 Å². The van der Waals surface area contributed by atoms with Gasteiger partial charge < -0.3 is 14.8 Å². The number of carboxylic acids is 1. The van der Waals surface area contributed by atoms with Gasteiger partial charge in [-0.2, -0.15) is 0 Å². The first-order valence-electron chi connectivity index (χ1n) is 6.40. The first-order chi connectivity index (χ1) is 9.51. The molecule has 0 aliphatic rings. The van der Waals surface area contributed by atoms with Crippen molar-refractivity contribution in [2.75, 3.05) is 7.11 Å². The molecule has 5 heteroatoms. The van der Waals surface area contributed by atoms with E-state index in [2.05, 4.69) is 9.97 Å². The van der Waals surface area contributed by atoms with Gasteiger partial charge in [-0.15, -0.1) is 0 Å². The molecular weight excluding hydrogens is 256 g/mol. The van der Waals surface area contributed by atoms with Gasteiger partial charge in [0.1, 0.15) is 11.6 Å². The smallest absolute Gasteiger partial charge is 0.304 e. The van der Waals surface area contributed by atoms with Crippen LogP contribution in [0.3, 0.4) is 0 Å². The Balaban J connectivity index is 2.40. The maximum absolute atomic E-state index is 11.1. The molecule has 1 aromatic carbocycles. The Kier molecular flexibility index (Phi) is 4.08. The summed E-state index contributed by atoms with van der Waals surface area (Å²) in [5.41, 5.74) is 2.61. The maximum Gasteiger partial charge on any atom is 0.304 e. The zero-order valence-corrected chi connectivity index (χ0v) is 11.8. The number of aromatic nitrogens is 2. The summed E-state index contributed by atoms with van der Waals surface area (Å²) >= 11 is 0. The summed E-state index contributed by atoms with van der Waals surface area (Å²) in [5, 5.41) is 9.14. The van der Waals surface area contributed by atoms with Gasteiger partial charge in [0.05, 0.1) is 19.2 Å². The molecule has 1 heterocycles. The van der Waals surface area contributed by atoms with Crippen molar-refractivity contribution >= 4 is 5.97 Å². The topological polar surface area (TPSA) is 75.2 Å². The lowest BCUT2D eigenvalue weighted by molar-refractivity contribution is -0.137. The van der Waals surface area contributed by atoms with E-state index in [-0.39, 0.29) is 12.3 Å². The van der Waals surface area contributed by atoms with Crippen molar-refractivity contribution in [2.45, 2.75) is 26.2 Å². The van der Waals surface area contributed by atoms with Crippen LogP contribution in [0, 0.1) is 13.8 Å². The van der Waals surface area contributed by atoms with Gasteiger partial charge in [0.25, 0.3) is 0 Å². The molecule has 0 saturated carbocycles. The van der Waals surface area contributed by atoms with Crippen molar-refractivity contribution in [1.82, 2.24) is 9.97 Å². The number of hydrogen-bond acceptors (Lipinski definition) is 3. The summed E-state index contributed by atoms with van der Waals surface area (Å²) in [4.78, 5) is 18.7. The van der Waals surface area contributed by atoms with Crippen molar-refractivity contribution < 1.29 is 14.6 Å². The number of nitrogens with one attached hydrogen (secondary N) is 1. The minimum absolute atomic E-state index is 0.0114. The standard InChI is InChI=1S/C15H18N2O3/c1-9-15(17-10(2)16-9)13(8-14(18)19)11-4-6-12(20-3)7-5-11/h4-7,13H,8H2,1-3H3,(H,16,17)(H,18,19). The van der Waals surface area contributed by atoms with Crippen molar-refractivity contribution in [3.05, 3.63) is 47.0 Å². The number of methoxy groups -OCH3 is 1. The van der Waals surface area contributed by atoms with Gasteiger partial charge in [0.15, 0.2) is 0 Å². The third-order valence-corrected chi connectivity index (χ3v) is 3.27. The number of ether oxygens (including phenoxy) is 1. The fourth-order valence-corrected chi connectivity index (χ4v) is 2.35. The van der Waals surface area contributed by atoms with Gasteiger partial charge >= 0.3 is 5.97 Å². The fraction of sp³-hybridized carbons (Fsp3) is 0.333. The molecule has 0 saturated heterocycles. The number of aliphatic carboxylic acids is 1. The summed E-state index contributed by atoms with van der Waals surface area (Å²) < 4.78 is 5.13. The van der Waals surface area contributed by atoms with Crippen LogP contribution in [-0.2, 0) is 4.79 Å². The molecule has 2 rings (SSSR count). The minimum Gasteiger partial charge on any atom is -0.497 e. The van der Waals surface area contributed by atoms with Crippen molar-refractivity contribution in [3.63, 3.8) is 0 Å². The Morgan fingerprint density at radius 1 is 1.35 bits per heavy atom. The summed E-state index contributed by atoms with van der Waals surface area (Å²) in [7, 11) is 1.60. The van der Waals surface area contributed by atoms with E-state index < -0.39 is 5.97 Å². The van der Waals surface area contributed by atoms with Gasteiger partial charge in [-0.1, -0.05) is 12.1 Å². The molecule has 20 heavy (non-hydrogen) atoms. The fourth-order valence-electron chi connectivity index (χ4n) is 2.35. The number of benzene rings is 1. The predicted molar refractivity (Wildman–Crippen MR) is 75.2 cm³/mol. The van der Waals surface area contributed by atoms with Crippen LogP contribution in [0.2, 0.25) is 0 Å². The average Bonchev–Trinajstić information content (AvgIpc) is 2.75. The molecule has 0 aliphatic carbocycles. The normalized spacial score (nSPS) is 12.2. The number of rotatable bonds is 5. The van der Waals surface area contributed by atoms with Crippen LogP contribution in [0.15, 0.2) is 24.3 Å². The SMILES string of the molecule is COc1ccc(C(CC(=O)O)c2nc(C)[nH]c2C)cc1. The zero-order chi connectivity index (χ0) is 14.7. The first-order valence-corrected chi connectivity index (χ1v) is 6.40. The lowest BCUT2D eigenvalue weighted by atomic mass is 9.91. The van der Waals surface area contributed by atoms with E-state index in [1.54, 1.807) is 7.11 Å². The lowest BCUT2D eigenvalue weighted by Crippen LogP contribution is -2.09. The van der Waals surface area contributed by atoms with Crippen molar-refractivity contribution in [2.24, 2.45) is 0 Å². The third-order valence-electron chi connectivity index (χ3n) is 3.27. The van der Waals surface area contributed by atoms with Crippen LogP contribution < -0.4 is 4.74 Å². The number of H-pyrrole nitrogens is 1. The highest BCUT2D eigenvalue weighted by molar-refractivity contribution is 5.69. The zero-order valence-electron chi connectivity index (χ0n) is 11.8.